The molecule has 0 unspecified atom stereocenters. The van der Waals surface area contributed by atoms with Crippen molar-refractivity contribution < 1.29 is 33.3 Å². The molecule has 7 heteroatoms. The van der Waals surface area contributed by atoms with Gasteiger partial charge in [-0.25, -0.2) is 0 Å². The minimum absolute atomic E-state index is 0.115. The Morgan fingerprint density at radius 2 is 0.940 bits per heavy atom. The lowest BCUT2D eigenvalue weighted by Crippen LogP contribution is -2.25. The summed E-state index contributed by atoms with van der Waals surface area (Å²) in [7, 11) is 0. The molecule has 0 aliphatic carbocycles. The zero-order chi connectivity index (χ0) is 36.3. The maximum atomic E-state index is 12.9. The van der Waals surface area contributed by atoms with Crippen molar-refractivity contribution in [3.05, 3.63) is 0 Å². The lowest BCUT2D eigenvalue weighted by molar-refractivity contribution is -0.154. The van der Waals surface area contributed by atoms with Crippen molar-refractivity contribution in [3.8, 4) is 0 Å². The highest BCUT2D eigenvalue weighted by molar-refractivity contribution is 5.70. The molecule has 1 aliphatic rings. The van der Waals surface area contributed by atoms with Crippen LogP contribution in [0.2, 0.25) is 0 Å². The molecule has 50 heavy (non-hydrogen) atoms. The number of rotatable bonds is 36. The van der Waals surface area contributed by atoms with Gasteiger partial charge >= 0.3 is 17.9 Å². The van der Waals surface area contributed by atoms with Crippen LogP contribution in [0.5, 0.6) is 0 Å². The van der Waals surface area contributed by atoms with E-state index in [0.717, 1.165) is 77.2 Å². The van der Waals surface area contributed by atoms with Gasteiger partial charge in [-0.1, -0.05) is 136 Å². The Morgan fingerprint density at radius 1 is 0.520 bits per heavy atom. The number of carbonyl (C=O) groups excluding carboxylic acids is 3. The van der Waals surface area contributed by atoms with Crippen molar-refractivity contribution in [2.45, 2.75) is 245 Å². The third-order valence-electron chi connectivity index (χ3n) is 10.1. The SMILES string of the molecule is CCCCCCCCCC(=O)OCCC[C@H](CC[C@@H](CC[C@@H]1CCCO1)OC(=O)CCCCCCCCC)OC(=O)CCCCCCCCC. The van der Waals surface area contributed by atoms with Crippen LogP contribution in [0.15, 0.2) is 0 Å². The zero-order valence-electron chi connectivity index (χ0n) is 33.1. The molecular weight excluding hydrogens is 628 g/mol. The van der Waals surface area contributed by atoms with Crippen LogP contribution in [-0.4, -0.2) is 49.4 Å². The van der Waals surface area contributed by atoms with Crippen LogP contribution in [0.25, 0.3) is 0 Å². The van der Waals surface area contributed by atoms with Crippen molar-refractivity contribution >= 4 is 17.9 Å². The van der Waals surface area contributed by atoms with Gasteiger partial charge in [0.2, 0.25) is 0 Å². The normalized spacial score (nSPS) is 15.5. The van der Waals surface area contributed by atoms with Crippen molar-refractivity contribution in [1.29, 1.82) is 0 Å². The first kappa shape index (κ1) is 46.4. The van der Waals surface area contributed by atoms with Crippen LogP contribution < -0.4 is 0 Å². The Morgan fingerprint density at radius 3 is 1.38 bits per heavy atom. The fourth-order valence-electron chi connectivity index (χ4n) is 6.88. The molecule has 0 aromatic heterocycles. The van der Waals surface area contributed by atoms with Crippen LogP contribution in [0.3, 0.4) is 0 Å². The topological polar surface area (TPSA) is 88.1 Å². The summed E-state index contributed by atoms with van der Waals surface area (Å²) in [5, 5.41) is 0. The van der Waals surface area contributed by atoms with E-state index in [1.807, 2.05) is 0 Å². The summed E-state index contributed by atoms with van der Waals surface area (Å²) < 4.78 is 23.5. The quantitative estimate of drug-likeness (QED) is 0.0363. The summed E-state index contributed by atoms with van der Waals surface area (Å²) in [6.45, 7) is 7.83. The maximum Gasteiger partial charge on any atom is 0.306 e. The van der Waals surface area contributed by atoms with Crippen LogP contribution in [-0.2, 0) is 33.3 Å². The molecule has 0 saturated carbocycles. The Bertz CT molecular complexity index is 794. The lowest BCUT2D eigenvalue weighted by atomic mass is 10.0. The largest absolute Gasteiger partial charge is 0.466 e. The van der Waals surface area contributed by atoms with E-state index in [0.29, 0.717) is 51.6 Å². The molecule has 1 rings (SSSR count). The molecule has 0 aromatic rings. The fourth-order valence-corrected chi connectivity index (χ4v) is 6.88. The van der Waals surface area contributed by atoms with Crippen LogP contribution in [0.1, 0.15) is 226 Å². The average molecular weight is 709 g/mol. The molecule has 1 saturated heterocycles. The predicted octanol–water partition coefficient (Wildman–Crippen LogP) is 12.3. The second-order valence-corrected chi connectivity index (χ2v) is 15.0. The van der Waals surface area contributed by atoms with Crippen molar-refractivity contribution in [2.75, 3.05) is 13.2 Å². The highest BCUT2D eigenvalue weighted by Crippen LogP contribution is 2.23. The third kappa shape index (κ3) is 29.0. The van der Waals surface area contributed by atoms with E-state index < -0.39 is 0 Å². The van der Waals surface area contributed by atoms with Crippen molar-refractivity contribution in [1.82, 2.24) is 0 Å². The van der Waals surface area contributed by atoms with Gasteiger partial charge in [0.15, 0.2) is 0 Å². The highest BCUT2D eigenvalue weighted by Gasteiger charge is 2.23. The van der Waals surface area contributed by atoms with Crippen molar-refractivity contribution in [3.63, 3.8) is 0 Å². The predicted molar refractivity (Wildman–Crippen MR) is 205 cm³/mol. The van der Waals surface area contributed by atoms with Crippen LogP contribution >= 0.6 is 0 Å². The molecule has 1 heterocycles. The summed E-state index contributed by atoms with van der Waals surface area (Å²) in [6.07, 6.45) is 32.0. The fraction of sp³-hybridized carbons (Fsp3) is 0.930. The molecular formula is C43H80O7. The van der Waals surface area contributed by atoms with Crippen LogP contribution in [0.4, 0.5) is 0 Å². The molecule has 0 radical (unpaired) electrons. The van der Waals surface area contributed by atoms with Gasteiger partial charge in [-0.05, 0) is 70.6 Å². The molecule has 7 nitrogen and oxygen atoms in total. The van der Waals surface area contributed by atoms with Gasteiger partial charge in [-0.15, -0.1) is 0 Å². The molecule has 0 spiro atoms. The first-order valence-corrected chi connectivity index (χ1v) is 21.6. The second-order valence-electron chi connectivity index (χ2n) is 15.0. The summed E-state index contributed by atoms with van der Waals surface area (Å²) in [6, 6.07) is 0. The number of ether oxygens (including phenoxy) is 4. The molecule has 0 bridgehead atoms. The smallest absolute Gasteiger partial charge is 0.306 e. The number of esters is 3. The summed E-state index contributed by atoms with van der Waals surface area (Å²) in [5.74, 6) is -0.393. The Balaban J connectivity index is 2.60. The van der Waals surface area contributed by atoms with Gasteiger partial charge in [0.05, 0.1) is 12.7 Å². The Kier molecular flexibility index (Phi) is 32.0. The van der Waals surface area contributed by atoms with Gasteiger partial charge in [0, 0.05) is 25.9 Å². The minimum Gasteiger partial charge on any atom is -0.466 e. The molecule has 0 aromatic carbocycles. The molecule has 1 aliphatic heterocycles. The standard InChI is InChI=1S/C43H80O7/c1-4-7-10-13-16-19-22-29-41(44)48-37-26-28-39(49-42(45)30-23-20-17-14-11-8-5-2)34-35-40(33-32-38-27-25-36-47-38)50-43(46)31-24-21-18-15-12-9-6-3/h38-40H,4-37H2,1-3H3/t38-,39+,40+/m0/s1. The van der Waals surface area contributed by atoms with E-state index in [-0.39, 0.29) is 36.2 Å². The van der Waals surface area contributed by atoms with E-state index in [9.17, 15) is 14.4 Å². The number of hydrogen-bond acceptors (Lipinski definition) is 7. The van der Waals surface area contributed by atoms with E-state index in [1.54, 1.807) is 0 Å². The lowest BCUT2D eigenvalue weighted by Gasteiger charge is -2.23. The molecule has 1 fully saturated rings. The minimum atomic E-state index is -0.277. The van der Waals surface area contributed by atoms with Gasteiger partial charge in [0.1, 0.15) is 12.2 Å². The second kappa shape index (κ2) is 34.5. The maximum absolute atomic E-state index is 12.9. The van der Waals surface area contributed by atoms with E-state index in [2.05, 4.69) is 20.8 Å². The summed E-state index contributed by atoms with van der Waals surface area (Å²) >= 11 is 0. The van der Waals surface area contributed by atoms with Gasteiger partial charge < -0.3 is 18.9 Å². The molecule has 0 amide bonds. The number of hydrogen-bond donors (Lipinski definition) is 0. The number of unbranched alkanes of at least 4 members (excludes halogenated alkanes) is 18. The Labute approximate surface area is 308 Å². The highest BCUT2D eigenvalue weighted by atomic mass is 16.6. The molecule has 0 N–H and O–H groups in total. The third-order valence-corrected chi connectivity index (χ3v) is 10.1. The van der Waals surface area contributed by atoms with E-state index in [4.69, 9.17) is 18.9 Å². The monoisotopic (exact) mass is 709 g/mol. The first-order valence-electron chi connectivity index (χ1n) is 21.6. The van der Waals surface area contributed by atoms with Crippen LogP contribution in [0, 0.1) is 0 Å². The molecule has 294 valence electrons. The number of carbonyl (C=O) groups is 3. The van der Waals surface area contributed by atoms with Gasteiger partial charge in [0.25, 0.3) is 0 Å². The van der Waals surface area contributed by atoms with Crippen molar-refractivity contribution in [2.24, 2.45) is 0 Å². The van der Waals surface area contributed by atoms with Gasteiger partial charge in [-0.3, -0.25) is 14.4 Å². The van der Waals surface area contributed by atoms with Gasteiger partial charge in [-0.2, -0.15) is 0 Å². The average Bonchev–Trinajstić information content (AvgIpc) is 3.63. The Hall–Kier alpha value is -1.63. The summed E-state index contributed by atoms with van der Waals surface area (Å²) in [4.78, 5) is 38.1. The summed E-state index contributed by atoms with van der Waals surface area (Å²) in [5.41, 5.74) is 0. The van der Waals surface area contributed by atoms with E-state index >= 15 is 0 Å². The first-order chi connectivity index (χ1) is 24.5. The molecule has 3 atom stereocenters. The zero-order valence-corrected chi connectivity index (χ0v) is 33.1. The van der Waals surface area contributed by atoms with E-state index in [1.165, 1.54) is 89.9 Å².